The molecule has 0 aliphatic carbocycles. The number of hydrogen-bond donors (Lipinski definition) is 2. The molecule has 2 aromatic heterocycles. The number of H-pyrrole nitrogens is 2. The molecule has 1 fully saturated rings. The van der Waals surface area contributed by atoms with Crippen LogP contribution in [-0.2, 0) is 12.8 Å². The average Bonchev–Trinajstić information content (AvgIpc) is 3.43. The molecule has 2 atom stereocenters. The fourth-order valence-electron chi connectivity index (χ4n) is 6.64. The van der Waals surface area contributed by atoms with Gasteiger partial charge in [-0.15, -0.1) is 0 Å². The van der Waals surface area contributed by atoms with E-state index in [9.17, 15) is 0 Å². The number of allylic oxidation sites excluding steroid dienone is 1. The van der Waals surface area contributed by atoms with Gasteiger partial charge in [-0.1, -0.05) is 48.0 Å². The van der Waals surface area contributed by atoms with Gasteiger partial charge in [0.15, 0.2) is 0 Å². The van der Waals surface area contributed by atoms with Crippen LogP contribution >= 0.6 is 0 Å². The number of piperidine rings is 1. The number of nitrogens with one attached hydrogen (secondary N) is 2. The molecule has 2 aromatic carbocycles. The zero-order chi connectivity index (χ0) is 21.9. The minimum atomic E-state index is 0.473. The lowest BCUT2D eigenvalue weighted by molar-refractivity contribution is 0.140. The van der Waals surface area contributed by atoms with Gasteiger partial charge in [0.25, 0.3) is 0 Å². The van der Waals surface area contributed by atoms with E-state index in [1.54, 1.807) is 11.1 Å². The maximum absolute atomic E-state index is 5.05. The van der Waals surface area contributed by atoms with Gasteiger partial charge >= 0.3 is 0 Å². The number of benzene rings is 2. The first-order chi connectivity index (χ1) is 16.3. The highest BCUT2D eigenvalue weighted by molar-refractivity contribution is 6.06. The van der Waals surface area contributed by atoms with E-state index in [-0.39, 0.29) is 0 Å². The lowest BCUT2D eigenvalue weighted by Crippen LogP contribution is -2.43. The van der Waals surface area contributed by atoms with E-state index in [0.29, 0.717) is 12.0 Å². The number of aromatic nitrogens is 2. The molecule has 0 radical (unpaired) electrons. The highest BCUT2D eigenvalue weighted by atomic mass is 15.2. The molecule has 5 heterocycles. The van der Waals surface area contributed by atoms with Crippen molar-refractivity contribution in [1.29, 1.82) is 0 Å². The van der Waals surface area contributed by atoms with Gasteiger partial charge in [-0.25, -0.2) is 0 Å². The standard InChI is InChI=1S/C29H30N4/c1-2-18-17-33-14-12-23-21-8-4-6-10-25(21)32-29(23)27(33)16-19(18)15-26-28-22(11-13-30-26)20-7-3-5-9-24(20)31-28/h2-10,19,27,31-32H,11-17H2,1H3/b18-2+/t19-,27+/m1/s1. The van der Waals surface area contributed by atoms with E-state index < -0.39 is 0 Å². The van der Waals surface area contributed by atoms with E-state index in [1.165, 1.54) is 44.5 Å². The molecule has 0 bridgehead atoms. The molecule has 0 unspecified atom stereocenters. The highest BCUT2D eigenvalue weighted by Gasteiger charge is 2.38. The molecule has 2 N–H and O–H groups in total. The molecule has 0 amide bonds. The number of para-hydroxylation sites is 2. The molecule has 7 rings (SSSR count). The maximum Gasteiger partial charge on any atom is 0.0638 e. The second kappa shape index (κ2) is 7.46. The van der Waals surface area contributed by atoms with Crippen molar-refractivity contribution in [1.82, 2.24) is 14.9 Å². The second-order valence-corrected chi connectivity index (χ2v) is 9.90. The molecule has 3 aliphatic heterocycles. The average molecular weight is 435 g/mol. The fraction of sp³-hybridized carbons (Fsp3) is 0.345. The van der Waals surface area contributed by atoms with Gasteiger partial charge < -0.3 is 9.97 Å². The number of aromatic amines is 2. The summed E-state index contributed by atoms with van der Waals surface area (Å²) >= 11 is 0. The molecule has 1 saturated heterocycles. The van der Waals surface area contributed by atoms with Crippen LogP contribution in [0.4, 0.5) is 0 Å². The second-order valence-electron chi connectivity index (χ2n) is 9.90. The summed E-state index contributed by atoms with van der Waals surface area (Å²) < 4.78 is 0. The molecular weight excluding hydrogens is 404 g/mol. The quantitative estimate of drug-likeness (QED) is 0.376. The first-order valence-corrected chi connectivity index (χ1v) is 12.4. The summed E-state index contributed by atoms with van der Waals surface area (Å²) in [6, 6.07) is 18.0. The smallest absolute Gasteiger partial charge is 0.0638 e. The van der Waals surface area contributed by atoms with Gasteiger partial charge in [0.05, 0.1) is 17.4 Å². The highest BCUT2D eigenvalue weighted by Crippen LogP contribution is 2.44. The molecule has 4 heteroatoms. The molecule has 4 nitrogen and oxygen atoms in total. The first kappa shape index (κ1) is 19.4. The summed E-state index contributed by atoms with van der Waals surface area (Å²) in [4.78, 5) is 15.3. The van der Waals surface area contributed by atoms with Crippen LogP contribution in [0.2, 0.25) is 0 Å². The number of fused-ring (bicyclic) bond motifs is 8. The van der Waals surface area contributed by atoms with Crippen molar-refractivity contribution < 1.29 is 0 Å². The normalized spacial score (nSPS) is 24.0. The van der Waals surface area contributed by atoms with Crippen LogP contribution in [0.15, 0.2) is 65.2 Å². The molecule has 4 aromatic rings. The molecule has 0 spiro atoms. The van der Waals surface area contributed by atoms with Crippen molar-refractivity contribution in [2.75, 3.05) is 19.6 Å². The van der Waals surface area contributed by atoms with Crippen LogP contribution in [0.5, 0.6) is 0 Å². The third kappa shape index (κ3) is 2.97. The Morgan fingerprint density at radius 3 is 2.55 bits per heavy atom. The van der Waals surface area contributed by atoms with Gasteiger partial charge in [-0.2, -0.15) is 0 Å². The summed E-state index contributed by atoms with van der Waals surface area (Å²) in [6.07, 6.45) is 6.74. The Hall–Kier alpha value is -3.11. The summed E-state index contributed by atoms with van der Waals surface area (Å²) in [7, 11) is 0. The zero-order valence-electron chi connectivity index (χ0n) is 19.2. The van der Waals surface area contributed by atoms with Crippen LogP contribution in [0, 0.1) is 5.92 Å². The fourth-order valence-corrected chi connectivity index (χ4v) is 6.64. The number of nitrogens with zero attached hydrogens (tertiary/aromatic N) is 2. The Kier molecular flexibility index (Phi) is 4.38. The van der Waals surface area contributed by atoms with Crippen molar-refractivity contribution in [2.45, 2.75) is 38.6 Å². The lowest BCUT2D eigenvalue weighted by Gasteiger charge is -2.44. The third-order valence-electron chi connectivity index (χ3n) is 8.26. The van der Waals surface area contributed by atoms with Gasteiger partial charge in [0.1, 0.15) is 0 Å². The number of aliphatic imine (C=N–C) groups is 1. The van der Waals surface area contributed by atoms with E-state index in [0.717, 1.165) is 45.3 Å². The maximum atomic E-state index is 5.05. The van der Waals surface area contributed by atoms with E-state index in [4.69, 9.17) is 4.99 Å². The summed E-state index contributed by atoms with van der Waals surface area (Å²) in [5.74, 6) is 0.532. The van der Waals surface area contributed by atoms with Crippen molar-refractivity contribution >= 4 is 27.5 Å². The molecule has 3 aliphatic rings. The minimum Gasteiger partial charge on any atom is -0.357 e. The van der Waals surface area contributed by atoms with Gasteiger partial charge in [-0.05, 0) is 61.8 Å². The Morgan fingerprint density at radius 1 is 0.970 bits per heavy atom. The predicted octanol–water partition coefficient (Wildman–Crippen LogP) is 5.95. The minimum absolute atomic E-state index is 0.473. The van der Waals surface area contributed by atoms with Crippen LogP contribution in [0.3, 0.4) is 0 Å². The van der Waals surface area contributed by atoms with Crippen molar-refractivity contribution in [3.8, 4) is 0 Å². The zero-order valence-corrected chi connectivity index (χ0v) is 19.2. The largest absolute Gasteiger partial charge is 0.357 e. The van der Waals surface area contributed by atoms with Crippen molar-refractivity contribution in [3.63, 3.8) is 0 Å². The van der Waals surface area contributed by atoms with Crippen molar-refractivity contribution in [2.24, 2.45) is 10.9 Å². The summed E-state index contributed by atoms with van der Waals surface area (Å²) in [5, 5.41) is 2.79. The van der Waals surface area contributed by atoms with Gasteiger partial charge in [0.2, 0.25) is 0 Å². The van der Waals surface area contributed by atoms with Crippen LogP contribution < -0.4 is 0 Å². The lowest BCUT2D eigenvalue weighted by atomic mass is 9.78. The number of hydrogen-bond acceptors (Lipinski definition) is 2. The Bertz CT molecular complexity index is 1430. The Morgan fingerprint density at radius 2 is 1.73 bits per heavy atom. The number of rotatable bonds is 2. The molecule has 166 valence electrons. The van der Waals surface area contributed by atoms with E-state index in [1.807, 2.05) is 0 Å². The third-order valence-corrected chi connectivity index (χ3v) is 8.26. The molecule has 0 saturated carbocycles. The SMILES string of the molecule is C/C=C1\CN2CCc3c([nH]c4ccccc34)[C@@H]2C[C@H]1CC1=NCCc2c1[nH]c1ccccc21. The summed E-state index contributed by atoms with van der Waals surface area (Å²) in [6.45, 7) is 5.35. The van der Waals surface area contributed by atoms with E-state index >= 15 is 0 Å². The Balaban J connectivity index is 1.24. The summed E-state index contributed by atoms with van der Waals surface area (Å²) in [5.41, 5.74) is 11.1. The first-order valence-electron chi connectivity index (χ1n) is 12.4. The molecular formula is C29H30N4. The van der Waals surface area contributed by atoms with Crippen LogP contribution in [0.1, 0.15) is 48.3 Å². The van der Waals surface area contributed by atoms with Gasteiger partial charge in [-0.3, -0.25) is 9.89 Å². The van der Waals surface area contributed by atoms with Crippen LogP contribution in [0.25, 0.3) is 21.8 Å². The van der Waals surface area contributed by atoms with E-state index in [2.05, 4.69) is 76.4 Å². The Labute approximate surface area is 194 Å². The monoisotopic (exact) mass is 434 g/mol. The van der Waals surface area contributed by atoms with Crippen molar-refractivity contribution in [3.05, 3.63) is 82.7 Å². The van der Waals surface area contributed by atoms with Crippen LogP contribution in [-0.4, -0.2) is 40.2 Å². The predicted molar refractivity (Wildman–Crippen MR) is 136 cm³/mol. The topological polar surface area (TPSA) is 47.2 Å². The molecule has 33 heavy (non-hydrogen) atoms. The van der Waals surface area contributed by atoms with Gasteiger partial charge in [0, 0.05) is 47.1 Å².